The van der Waals surface area contributed by atoms with Crippen molar-refractivity contribution in [3.8, 4) is 11.5 Å². The molecule has 0 radical (unpaired) electrons. The highest BCUT2D eigenvalue weighted by atomic mass is 35.5. The van der Waals surface area contributed by atoms with Gasteiger partial charge in [0.05, 0.1) is 6.54 Å². The van der Waals surface area contributed by atoms with Crippen molar-refractivity contribution in [2.75, 3.05) is 20.1 Å². The van der Waals surface area contributed by atoms with Crippen molar-refractivity contribution in [1.82, 2.24) is 20.4 Å². The molecule has 1 N–H and O–H groups in total. The molecule has 1 aliphatic rings. The highest BCUT2D eigenvalue weighted by Crippen LogP contribution is 2.17. The second kappa shape index (κ2) is 6.14. The third-order valence-corrected chi connectivity index (χ3v) is 3.26. The first-order chi connectivity index (χ1) is 8.83. The molecule has 6 heteroatoms. The van der Waals surface area contributed by atoms with Crippen molar-refractivity contribution in [3.05, 3.63) is 36.2 Å². The Morgan fingerprint density at radius 2 is 2.05 bits per heavy atom. The number of halogens is 1. The molecule has 0 aliphatic carbocycles. The predicted molar refractivity (Wildman–Crippen MR) is 75.1 cm³/mol. The van der Waals surface area contributed by atoms with Gasteiger partial charge in [0.15, 0.2) is 5.82 Å². The van der Waals surface area contributed by atoms with Crippen LogP contribution in [0.15, 0.2) is 34.9 Å². The van der Waals surface area contributed by atoms with Gasteiger partial charge in [0.2, 0.25) is 0 Å². The Hall–Kier alpha value is -1.43. The standard InChI is InChI=1S/C13H16N4O.ClH/c1-17(11-7-14-8-11)9-12-15-13(18-16-12)10-5-3-2-4-6-10;/h2-6,11,14H,7-9H2,1H3;1H. The molecule has 0 unspecified atom stereocenters. The van der Waals surface area contributed by atoms with Gasteiger partial charge in [0.1, 0.15) is 0 Å². The molecule has 1 saturated heterocycles. The van der Waals surface area contributed by atoms with Crippen LogP contribution in [0.3, 0.4) is 0 Å². The maximum atomic E-state index is 5.28. The van der Waals surface area contributed by atoms with Gasteiger partial charge in [-0.2, -0.15) is 4.98 Å². The summed E-state index contributed by atoms with van der Waals surface area (Å²) in [6.07, 6.45) is 0. The molecular weight excluding hydrogens is 264 g/mol. The minimum Gasteiger partial charge on any atom is -0.334 e. The molecule has 1 aromatic carbocycles. The molecule has 5 nitrogen and oxygen atoms in total. The molecule has 102 valence electrons. The fraction of sp³-hybridized carbons (Fsp3) is 0.385. The van der Waals surface area contributed by atoms with Gasteiger partial charge in [-0.15, -0.1) is 12.4 Å². The van der Waals surface area contributed by atoms with Crippen LogP contribution >= 0.6 is 12.4 Å². The molecular formula is C13H17ClN4O. The van der Waals surface area contributed by atoms with Crippen LogP contribution in [0.2, 0.25) is 0 Å². The SMILES string of the molecule is CN(Cc1noc(-c2ccccc2)n1)C1CNC1.Cl. The summed E-state index contributed by atoms with van der Waals surface area (Å²) in [4.78, 5) is 6.67. The van der Waals surface area contributed by atoms with E-state index < -0.39 is 0 Å². The lowest BCUT2D eigenvalue weighted by atomic mass is 10.1. The van der Waals surface area contributed by atoms with E-state index in [0.717, 1.165) is 31.0 Å². The van der Waals surface area contributed by atoms with Gasteiger partial charge in [0, 0.05) is 24.7 Å². The van der Waals surface area contributed by atoms with E-state index >= 15 is 0 Å². The summed E-state index contributed by atoms with van der Waals surface area (Å²) in [7, 11) is 2.09. The summed E-state index contributed by atoms with van der Waals surface area (Å²) < 4.78 is 5.28. The van der Waals surface area contributed by atoms with E-state index in [0.29, 0.717) is 11.9 Å². The summed E-state index contributed by atoms with van der Waals surface area (Å²) in [6.45, 7) is 2.81. The second-order valence-corrected chi connectivity index (χ2v) is 4.61. The largest absolute Gasteiger partial charge is 0.334 e. The predicted octanol–water partition coefficient (Wildman–Crippen LogP) is 1.56. The highest BCUT2D eigenvalue weighted by molar-refractivity contribution is 5.85. The van der Waals surface area contributed by atoms with Crippen LogP contribution in [0.5, 0.6) is 0 Å². The zero-order chi connectivity index (χ0) is 12.4. The van der Waals surface area contributed by atoms with Crippen molar-refractivity contribution in [2.45, 2.75) is 12.6 Å². The van der Waals surface area contributed by atoms with E-state index in [1.54, 1.807) is 0 Å². The van der Waals surface area contributed by atoms with Crippen LogP contribution in [0.1, 0.15) is 5.82 Å². The molecule has 2 aromatic rings. The quantitative estimate of drug-likeness (QED) is 0.921. The normalized spacial score (nSPS) is 15.1. The number of likely N-dealkylation sites (N-methyl/N-ethyl adjacent to an activating group) is 1. The van der Waals surface area contributed by atoms with Crippen LogP contribution in [0, 0.1) is 0 Å². The van der Waals surface area contributed by atoms with Crippen LogP contribution in [0.4, 0.5) is 0 Å². The van der Waals surface area contributed by atoms with E-state index in [2.05, 4.69) is 27.4 Å². The zero-order valence-corrected chi connectivity index (χ0v) is 11.6. The molecule has 0 atom stereocenters. The third-order valence-electron chi connectivity index (χ3n) is 3.26. The van der Waals surface area contributed by atoms with E-state index in [4.69, 9.17) is 4.52 Å². The number of hydrogen-bond donors (Lipinski definition) is 1. The fourth-order valence-corrected chi connectivity index (χ4v) is 1.95. The van der Waals surface area contributed by atoms with Crippen LogP contribution in [0.25, 0.3) is 11.5 Å². The van der Waals surface area contributed by atoms with E-state index in [9.17, 15) is 0 Å². The monoisotopic (exact) mass is 280 g/mol. The Morgan fingerprint density at radius 1 is 1.32 bits per heavy atom. The maximum Gasteiger partial charge on any atom is 0.257 e. The fourth-order valence-electron chi connectivity index (χ4n) is 1.95. The van der Waals surface area contributed by atoms with Crippen LogP contribution in [-0.2, 0) is 6.54 Å². The van der Waals surface area contributed by atoms with Gasteiger partial charge in [-0.25, -0.2) is 0 Å². The van der Waals surface area contributed by atoms with Crippen molar-refractivity contribution in [3.63, 3.8) is 0 Å². The average Bonchev–Trinajstić information content (AvgIpc) is 2.76. The number of nitrogens with one attached hydrogen (secondary N) is 1. The van der Waals surface area contributed by atoms with E-state index in [1.165, 1.54) is 0 Å². The minimum atomic E-state index is 0. The van der Waals surface area contributed by atoms with E-state index in [1.807, 2.05) is 30.3 Å². The molecule has 0 bridgehead atoms. The van der Waals surface area contributed by atoms with Gasteiger partial charge in [0.25, 0.3) is 5.89 Å². The second-order valence-electron chi connectivity index (χ2n) is 4.61. The first kappa shape index (κ1) is 14.0. The number of benzene rings is 1. The minimum absolute atomic E-state index is 0. The van der Waals surface area contributed by atoms with Gasteiger partial charge in [-0.05, 0) is 19.2 Å². The van der Waals surface area contributed by atoms with Crippen molar-refractivity contribution < 1.29 is 4.52 Å². The number of aromatic nitrogens is 2. The molecule has 3 rings (SSSR count). The third kappa shape index (κ3) is 3.12. The lowest BCUT2D eigenvalue weighted by Crippen LogP contribution is -2.55. The Kier molecular flexibility index (Phi) is 4.52. The first-order valence-electron chi connectivity index (χ1n) is 6.12. The molecule has 0 spiro atoms. The highest BCUT2D eigenvalue weighted by Gasteiger charge is 2.22. The number of hydrogen-bond acceptors (Lipinski definition) is 5. The molecule has 1 aliphatic heterocycles. The van der Waals surface area contributed by atoms with Crippen LogP contribution in [-0.4, -0.2) is 41.2 Å². The van der Waals surface area contributed by atoms with Gasteiger partial charge in [-0.3, -0.25) is 4.90 Å². The summed E-state index contributed by atoms with van der Waals surface area (Å²) in [5.41, 5.74) is 0.962. The summed E-state index contributed by atoms with van der Waals surface area (Å²) in [5.74, 6) is 1.33. The summed E-state index contributed by atoms with van der Waals surface area (Å²) in [5, 5.41) is 7.28. The Balaban J connectivity index is 0.00000133. The Labute approximate surface area is 118 Å². The summed E-state index contributed by atoms with van der Waals surface area (Å²) in [6, 6.07) is 10.4. The average molecular weight is 281 g/mol. The lowest BCUT2D eigenvalue weighted by molar-refractivity contribution is 0.168. The Bertz CT molecular complexity index is 512. The molecule has 1 aromatic heterocycles. The van der Waals surface area contributed by atoms with Crippen molar-refractivity contribution in [2.24, 2.45) is 0 Å². The van der Waals surface area contributed by atoms with Crippen molar-refractivity contribution in [1.29, 1.82) is 0 Å². The Morgan fingerprint density at radius 3 is 2.68 bits per heavy atom. The molecule has 0 saturated carbocycles. The first-order valence-corrected chi connectivity index (χ1v) is 6.12. The topological polar surface area (TPSA) is 54.2 Å². The van der Waals surface area contributed by atoms with Gasteiger partial charge >= 0.3 is 0 Å². The maximum absolute atomic E-state index is 5.28. The number of rotatable bonds is 4. The van der Waals surface area contributed by atoms with Gasteiger partial charge < -0.3 is 9.84 Å². The van der Waals surface area contributed by atoms with Gasteiger partial charge in [-0.1, -0.05) is 23.4 Å². The lowest BCUT2D eigenvalue weighted by Gasteiger charge is -2.34. The smallest absolute Gasteiger partial charge is 0.257 e. The van der Waals surface area contributed by atoms with E-state index in [-0.39, 0.29) is 12.4 Å². The van der Waals surface area contributed by atoms with Crippen molar-refractivity contribution >= 4 is 12.4 Å². The molecule has 1 fully saturated rings. The number of nitrogens with zero attached hydrogens (tertiary/aromatic N) is 3. The zero-order valence-electron chi connectivity index (χ0n) is 10.7. The van der Waals surface area contributed by atoms with Crippen LogP contribution < -0.4 is 5.32 Å². The summed E-state index contributed by atoms with van der Waals surface area (Å²) >= 11 is 0. The molecule has 2 heterocycles. The molecule has 19 heavy (non-hydrogen) atoms. The molecule has 0 amide bonds.